The van der Waals surface area contributed by atoms with Gasteiger partial charge in [-0.05, 0) is 13.0 Å². The van der Waals surface area contributed by atoms with E-state index in [9.17, 15) is 14.9 Å². The Kier molecular flexibility index (Phi) is 4.65. The van der Waals surface area contributed by atoms with E-state index in [4.69, 9.17) is 4.74 Å². The molecule has 0 unspecified atom stereocenters. The summed E-state index contributed by atoms with van der Waals surface area (Å²) in [5.74, 6) is -0.212. The maximum atomic E-state index is 12.2. The first-order valence-corrected chi connectivity index (χ1v) is 6.56. The van der Waals surface area contributed by atoms with Crippen molar-refractivity contribution in [2.75, 3.05) is 31.6 Å². The highest BCUT2D eigenvalue weighted by Gasteiger charge is 2.28. The highest BCUT2D eigenvalue weighted by atomic mass is 16.6. The van der Waals surface area contributed by atoms with E-state index in [1.807, 2.05) is 6.92 Å². The fourth-order valence-corrected chi connectivity index (χ4v) is 2.23. The van der Waals surface area contributed by atoms with Crippen LogP contribution in [-0.2, 0) is 9.53 Å². The molecule has 0 saturated carbocycles. The van der Waals surface area contributed by atoms with E-state index in [0.717, 1.165) is 18.0 Å². The van der Waals surface area contributed by atoms with Crippen LogP contribution in [0.15, 0.2) is 24.3 Å². The van der Waals surface area contributed by atoms with E-state index in [-0.39, 0.29) is 23.3 Å². The van der Waals surface area contributed by atoms with Crippen molar-refractivity contribution < 1.29 is 19.4 Å². The first-order chi connectivity index (χ1) is 9.59. The van der Waals surface area contributed by atoms with Crippen molar-refractivity contribution in [1.29, 1.82) is 0 Å². The quantitative estimate of drug-likeness (QED) is 0.592. The number of hydrogen-bond donors (Lipinski definition) is 2. The number of nitrogens with zero attached hydrogens (tertiary/aromatic N) is 1. The van der Waals surface area contributed by atoms with Gasteiger partial charge in [-0.2, -0.15) is 0 Å². The van der Waals surface area contributed by atoms with Gasteiger partial charge in [-0.25, -0.2) is 0 Å². The molecule has 0 bridgehead atoms. The van der Waals surface area contributed by atoms with Gasteiger partial charge in [-0.1, -0.05) is 12.1 Å². The monoisotopic (exact) mass is 280 g/mol. The maximum Gasteiger partial charge on any atom is 0.292 e. The van der Waals surface area contributed by atoms with Gasteiger partial charge >= 0.3 is 0 Å². The molecule has 108 valence electrons. The Morgan fingerprint density at radius 2 is 2.05 bits per heavy atom. The number of carbonyl (C=O) groups is 1. The van der Waals surface area contributed by atoms with Crippen molar-refractivity contribution in [3.8, 4) is 0 Å². The molecule has 20 heavy (non-hydrogen) atoms. The van der Waals surface area contributed by atoms with Crippen LogP contribution in [0.5, 0.6) is 0 Å². The molecule has 1 saturated heterocycles. The number of anilines is 1. The molecule has 1 amide bonds. The smallest absolute Gasteiger partial charge is 0.292 e. The molecule has 2 rings (SSSR count). The summed E-state index contributed by atoms with van der Waals surface area (Å²) in [5, 5.41) is 13.6. The normalized spacial score (nSPS) is 17.4. The SMILES string of the molecule is C[C@@H](C(=O)Nc1ccccc1[N+](=O)[O-])[NH+]1CCOCC1. The third kappa shape index (κ3) is 3.31. The van der Waals surface area contributed by atoms with Gasteiger partial charge in [0.05, 0.1) is 18.1 Å². The zero-order valence-electron chi connectivity index (χ0n) is 11.3. The largest absolute Gasteiger partial charge is 0.370 e. The Hall–Kier alpha value is -1.99. The van der Waals surface area contributed by atoms with Crippen LogP contribution in [0, 0.1) is 10.1 Å². The van der Waals surface area contributed by atoms with E-state index < -0.39 is 4.92 Å². The Bertz CT molecular complexity index is 500. The van der Waals surface area contributed by atoms with E-state index in [1.54, 1.807) is 12.1 Å². The van der Waals surface area contributed by atoms with Crippen molar-refractivity contribution in [1.82, 2.24) is 0 Å². The lowest BCUT2D eigenvalue weighted by Crippen LogP contribution is -3.18. The number of amides is 1. The zero-order chi connectivity index (χ0) is 14.5. The summed E-state index contributed by atoms with van der Waals surface area (Å²) in [6, 6.07) is 5.89. The molecule has 7 heteroatoms. The van der Waals surface area contributed by atoms with E-state index in [1.165, 1.54) is 12.1 Å². The molecule has 1 aliphatic rings. The Labute approximate surface area is 116 Å². The van der Waals surface area contributed by atoms with Gasteiger partial charge in [0.15, 0.2) is 6.04 Å². The van der Waals surface area contributed by atoms with E-state index >= 15 is 0 Å². The molecular formula is C13H18N3O4+. The lowest BCUT2D eigenvalue weighted by Gasteiger charge is -2.28. The van der Waals surface area contributed by atoms with E-state index in [0.29, 0.717) is 13.2 Å². The van der Waals surface area contributed by atoms with Crippen molar-refractivity contribution in [3.05, 3.63) is 34.4 Å². The second-order valence-electron chi connectivity index (χ2n) is 4.76. The second kappa shape index (κ2) is 6.44. The number of carbonyl (C=O) groups excluding carboxylic acids is 1. The zero-order valence-corrected chi connectivity index (χ0v) is 11.3. The van der Waals surface area contributed by atoms with Crippen LogP contribution in [-0.4, -0.2) is 43.2 Å². The molecular weight excluding hydrogens is 262 g/mol. The van der Waals surface area contributed by atoms with Gasteiger partial charge in [0, 0.05) is 6.07 Å². The summed E-state index contributed by atoms with van der Waals surface area (Å²) in [5.41, 5.74) is 0.145. The summed E-state index contributed by atoms with van der Waals surface area (Å²) >= 11 is 0. The molecule has 1 aliphatic heterocycles. The fourth-order valence-electron chi connectivity index (χ4n) is 2.23. The summed E-state index contributed by atoms with van der Waals surface area (Å²) in [4.78, 5) is 23.7. The van der Waals surface area contributed by atoms with Gasteiger partial charge in [0.2, 0.25) is 0 Å². The summed E-state index contributed by atoms with van der Waals surface area (Å²) in [6.07, 6.45) is 0. The molecule has 1 aromatic carbocycles. The van der Waals surface area contributed by atoms with Gasteiger partial charge in [-0.15, -0.1) is 0 Å². The van der Waals surface area contributed by atoms with Crippen LogP contribution in [0.4, 0.5) is 11.4 Å². The standard InChI is InChI=1S/C13H17N3O4/c1-10(15-6-8-20-9-7-15)13(17)14-11-4-2-3-5-12(11)16(18)19/h2-5,10H,6-9H2,1H3,(H,14,17)/p+1/t10-/m0/s1. The topological polar surface area (TPSA) is 85.9 Å². The highest BCUT2D eigenvalue weighted by Crippen LogP contribution is 2.22. The number of hydrogen-bond acceptors (Lipinski definition) is 4. The van der Waals surface area contributed by atoms with Crippen molar-refractivity contribution >= 4 is 17.3 Å². The average molecular weight is 280 g/mol. The van der Waals surface area contributed by atoms with Crippen molar-refractivity contribution in [2.24, 2.45) is 0 Å². The lowest BCUT2D eigenvalue weighted by molar-refractivity contribution is -0.921. The van der Waals surface area contributed by atoms with Gasteiger partial charge < -0.3 is 15.0 Å². The second-order valence-corrected chi connectivity index (χ2v) is 4.76. The number of quaternary nitrogens is 1. The molecule has 1 heterocycles. The summed E-state index contributed by atoms with van der Waals surface area (Å²) in [6.45, 7) is 4.64. The van der Waals surface area contributed by atoms with Crippen LogP contribution >= 0.6 is 0 Å². The first kappa shape index (κ1) is 14.4. The fraction of sp³-hybridized carbons (Fsp3) is 0.462. The molecule has 0 aromatic heterocycles. The molecule has 1 aromatic rings. The predicted octanol–water partition coefficient (Wildman–Crippen LogP) is -0.163. The minimum atomic E-state index is -0.498. The Morgan fingerprint density at radius 3 is 2.70 bits per heavy atom. The summed E-state index contributed by atoms with van der Waals surface area (Å²) in [7, 11) is 0. The van der Waals surface area contributed by atoms with Crippen LogP contribution in [0.25, 0.3) is 0 Å². The molecule has 0 aliphatic carbocycles. The maximum absolute atomic E-state index is 12.2. The summed E-state index contributed by atoms with van der Waals surface area (Å²) < 4.78 is 5.26. The lowest BCUT2D eigenvalue weighted by atomic mass is 10.2. The minimum Gasteiger partial charge on any atom is -0.370 e. The molecule has 2 N–H and O–H groups in total. The highest BCUT2D eigenvalue weighted by molar-refractivity contribution is 5.95. The van der Waals surface area contributed by atoms with Crippen LogP contribution in [0.3, 0.4) is 0 Å². The minimum absolute atomic E-state index is 0.0926. The number of benzene rings is 1. The van der Waals surface area contributed by atoms with Crippen molar-refractivity contribution in [3.63, 3.8) is 0 Å². The molecule has 1 fully saturated rings. The average Bonchev–Trinajstić information content (AvgIpc) is 2.47. The third-order valence-electron chi connectivity index (χ3n) is 3.50. The molecule has 0 radical (unpaired) electrons. The number of rotatable bonds is 4. The number of nitro groups is 1. The third-order valence-corrected chi connectivity index (χ3v) is 3.50. The number of ether oxygens (including phenoxy) is 1. The van der Waals surface area contributed by atoms with Crippen molar-refractivity contribution in [2.45, 2.75) is 13.0 Å². The van der Waals surface area contributed by atoms with Crippen LogP contribution in [0.2, 0.25) is 0 Å². The molecule has 7 nitrogen and oxygen atoms in total. The van der Waals surface area contributed by atoms with E-state index in [2.05, 4.69) is 5.32 Å². The molecule has 1 atom stereocenters. The Morgan fingerprint density at radius 1 is 1.40 bits per heavy atom. The van der Waals surface area contributed by atoms with Crippen LogP contribution < -0.4 is 10.2 Å². The predicted molar refractivity (Wildman–Crippen MR) is 72.7 cm³/mol. The first-order valence-electron chi connectivity index (χ1n) is 6.56. The number of nitro benzene ring substituents is 1. The van der Waals surface area contributed by atoms with Crippen LogP contribution in [0.1, 0.15) is 6.92 Å². The van der Waals surface area contributed by atoms with Gasteiger partial charge in [0.25, 0.3) is 11.6 Å². The number of morpholine rings is 1. The number of nitrogens with one attached hydrogen (secondary N) is 2. The van der Waals surface area contributed by atoms with Gasteiger partial charge in [0.1, 0.15) is 18.8 Å². The van der Waals surface area contributed by atoms with Gasteiger partial charge in [-0.3, -0.25) is 14.9 Å². The number of para-hydroxylation sites is 2. The molecule has 0 spiro atoms. The Balaban J connectivity index is 2.05.